The van der Waals surface area contributed by atoms with Crippen LogP contribution in [-0.2, 0) is 4.79 Å². The van der Waals surface area contributed by atoms with E-state index in [4.69, 9.17) is 9.47 Å². The number of likely N-dealkylation sites (tertiary alicyclic amines) is 1. The van der Waals surface area contributed by atoms with E-state index in [-0.39, 0.29) is 5.91 Å². The first-order valence-corrected chi connectivity index (χ1v) is 8.93. The van der Waals surface area contributed by atoms with Gasteiger partial charge in [0.25, 0.3) is 0 Å². The van der Waals surface area contributed by atoms with Gasteiger partial charge in [0, 0.05) is 19.6 Å². The van der Waals surface area contributed by atoms with E-state index in [1.165, 1.54) is 19.3 Å². The lowest BCUT2D eigenvalue weighted by atomic mass is 10.1. The number of benzene rings is 1. The fourth-order valence-electron chi connectivity index (χ4n) is 2.96. The third-order valence-electron chi connectivity index (χ3n) is 4.41. The van der Waals surface area contributed by atoms with Crippen molar-refractivity contribution >= 4 is 5.91 Å². The van der Waals surface area contributed by atoms with E-state index in [0.717, 1.165) is 37.4 Å². The van der Waals surface area contributed by atoms with Gasteiger partial charge in [-0.25, -0.2) is 0 Å². The average Bonchev–Trinajstić information content (AvgIpc) is 2.54. The van der Waals surface area contributed by atoms with Gasteiger partial charge in [-0.05, 0) is 32.0 Å². The maximum Gasteiger partial charge on any atom is 0.236 e. The molecule has 5 heteroatoms. The summed E-state index contributed by atoms with van der Waals surface area (Å²) in [6.45, 7) is 3.51. The van der Waals surface area contributed by atoms with E-state index < -0.39 is 0 Å². The second kappa shape index (κ2) is 10.2. The molecule has 2 rings (SSSR count). The SMILES string of the molecule is COc1ccccc1OCCN(C)CC(=O)N1CCCCCCC1. The zero-order valence-corrected chi connectivity index (χ0v) is 15.0. The quantitative estimate of drug-likeness (QED) is 0.769. The maximum atomic E-state index is 12.4. The Bertz CT molecular complexity index is 499. The molecule has 1 aromatic rings. The van der Waals surface area contributed by atoms with Gasteiger partial charge >= 0.3 is 0 Å². The van der Waals surface area contributed by atoms with E-state index in [9.17, 15) is 4.79 Å². The lowest BCUT2D eigenvalue weighted by Crippen LogP contribution is -2.41. The van der Waals surface area contributed by atoms with Gasteiger partial charge in [0.15, 0.2) is 11.5 Å². The molecule has 0 aliphatic carbocycles. The molecular weight excluding hydrogens is 304 g/mol. The molecule has 0 atom stereocenters. The molecule has 134 valence electrons. The monoisotopic (exact) mass is 334 g/mol. The molecular formula is C19H30N2O3. The predicted octanol–water partition coefficient (Wildman–Crippen LogP) is 2.80. The van der Waals surface area contributed by atoms with Crippen LogP contribution in [0.4, 0.5) is 0 Å². The molecule has 1 saturated heterocycles. The Kier molecular flexibility index (Phi) is 7.89. The van der Waals surface area contributed by atoms with Gasteiger partial charge < -0.3 is 14.4 Å². The lowest BCUT2D eigenvalue weighted by molar-refractivity contribution is -0.132. The first kappa shape index (κ1) is 18.6. The van der Waals surface area contributed by atoms with E-state index >= 15 is 0 Å². The van der Waals surface area contributed by atoms with Crippen molar-refractivity contribution in [3.05, 3.63) is 24.3 Å². The summed E-state index contributed by atoms with van der Waals surface area (Å²) < 4.78 is 11.0. The van der Waals surface area contributed by atoms with Crippen LogP contribution >= 0.6 is 0 Å². The van der Waals surface area contributed by atoms with Gasteiger partial charge in [-0.3, -0.25) is 9.69 Å². The Morgan fingerprint density at radius 1 is 1.08 bits per heavy atom. The van der Waals surface area contributed by atoms with E-state index in [1.807, 2.05) is 41.1 Å². The van der Waals surface area contributed by atoms with Gasteiger partial charge in [-0.1, -0.05) is 31.4 Å². The molecule has 1 fully saturated rings. The molecule has 1 amide bonds. The Morgan fingerprint density at radius 2 is 1.71 bits per heavy atom. The minimum Gasteiger partial charge on any atom is -0.493 e. The van der Waals surface area contributed by atoms with Crippen LogP contribution < -0.4 is 9.47 Å². The maximum absolute atomic E-state index is 12.4. The number of hydrogen-bond donors (Lipinski definition) is 0. The number of carbonyl (C=O) groups excluding carboxylic acids is 1. The fourth-order valence-corrected chi connectivity index (χ4v) is 2.96. The van der Waals surface area contributed by atoms with E-state index in [2.05, 4.69) is 0 Å². The number of nitrogens with zero attached hydrogens (tertiary/aromatic N) is 2. The van der Waals surface area contributed by atoms with Crippen molar-refractivity contribution in [2.24, 2.45) is 0 Å². The largest absolute Gasteiger partial charge is 0.493 e. The van der Waals surface area contributed by atoms with Gasteiger partial charge in [0.2, 0.25) is 5.91 Å². The molecule has 0 spiro atoms. The van der Waals surface area contributed by atoms with Crippen molar-refractivity contribution in [3.63, 3.8) is 0 Å². The number of methoxy groups -OCH3 is 1. The Morgan fingerprint density at radius 3 is 2.38 bits per heavy atom. The van der Waals surface area contributed by atoms with Crippen LogP contribution in [0.1, 0.15) is 32.1 Å². The van der Waals surface area contributed by atoms with Crippen molar-refractivity contribution in [3.8, 4) is 11.5 Å². The Labute approximate surface area is 145 Å². The van der Waals surface area contributed by atoms with Crippen molar-refractivity contribution in [1.29, 1.82) is 0 Å². The number of rotatable bonds is 7. The molecule has 0 unspecified atom stereocenters. The zero-order chi connectivity index (χ0) is 17.2. The standard InChI is InChI=1S/C19H30N2O3/c1-20(14-15-24-18-11-7-6-10-17(18)23-2)16-19(22)21-12-8-4-3-5-9-13-21/h6-7,10-11H,3-5,8-9,12-16H2,1-2H3. The topological polar surface area (TPSA) is 42.0 Å². The molecule has 0 aromatic heterocycles. The van der Waals surface area contributed by atoms with E-state index in [0.29, 0.717) is 19.7 Å². The highest BCUT2D eigenvalue weighted by molar-refractivity contribution is 5.78. The summed E-state index contributed by atoms with van der Waals surface area (Å²) in [6, 6.07) is 7.61. The van der Waals surface area contributed by atoms with Crippen molar-refractivity contribution in [2.45, 2.75) is 32.1 Å². The summed E-state index contributed by atoms with van der Waals surface area (Å²) in [4.78, 5) is 16.5. The highest BCUT2D eigenvalue weighted by Crippen LogP contribution is 2.25. The van der Waals surface area contributed by atoms with E-state index in [1.54, 1.807) is 7.11 Å². The van der Waals surface area contributed by atoms with Gasteiger partial charge in [0.1, 0.15) is 6.61 Å². The lowest BCUT2D eigenvalue weighted by Gasteiger charge is -2.27. The fraction of sp³-hybridized carbons (Fsp3) is 0.632. The molecule has 24 heavy (non-hydrogen) atoms. The van der Waals surface area contributed by atoms with Gasteiger partial charge in [0.05, 0.1) is 13.7 Å². The first-order valence-electron chi connectivity index (χ1n) is 8.93. The molecule has 0 bridgehead atoms. The second-order valence-corrected chi connectivity index (χ2v) is 6.39. The summed E-state index contributed by atoms with van der Waals surface area (Å²) in [5.74, 6) is 1.71. The number of hydrogen-bond acceptors (Lipinski definition) is 4. The van der Waals surface area contributed by atoms with Gasteiger partial charge in [-0.15, -0.1) is 0 Å². The predicted molar refractivity (Wildman–Crippen MR) is 95.7 cm³/mol. The van der Waals surface area contributed by atoms with Gasteiger partial charge in [-0.2, -0.15) is 0 Å². The number of para-hydroxylation sites is 2. The minimum absolute atomic E-state index is 0.233. The smallest absolute Gasteiger partial charge is 0.236 e. The van der Waals surface area contributed by atoms with Crippen molar-refractivity contribution in [1.82, 2.24) is 9.80 Å². The summed E-state index contributed by atoms with van der Waals surface area (Å²) in [5.41, 5.74) is 0. The van der Waals surface area contributed by atoms with Crippen molar-refractivity contribution < 1.29 is 14.3 Å². The van der Waals surface area contributed by atoms with Crippen LogP contribution in [0.15, 0.2) is 24.3 Å². The van der Waals surface area contributed by atoms with Crippen LogP contribution in [0.5, 0.6) is 11.5 Å². The van der Waals surface area contributed by atoms with Crippen LogP contribution in [0.2, 0.25) is 0 Å². The summed E-state index contributed by atoms with van der Waals surface area (Å²) in [6.07, 6.45) is 6.06. The molecule has 1 aliphatic rings. The second-order valence-electron chi connectivity index (χ2n) is 6.39. The van der Waals surface area contributed by atoms with Crippen LogP contribution in [-0.4, -0.2) is 62.7 Å². The molecule has 1 heterocycles. The first-order chi connectivity index (χ1) is 11.7. The molecule has 1 aromatic carbocycles. The summed E-state index contributed by atoms with van der Waals surface area (Å²) in [7, 11) is 3.60. The molecule has 1 aliphatic heterocycles. The highest BCUT2D eigenvalue weighted by atomic mass is 16.5. The average molecular weight is 334 g/mol. The van der Waals surface area contributed by atoms with Crippen molar-refractivity contribution in [2.75, 3.05) is 46.9 Å². The normalized spacial score (nSPS) is 15.7. The Hall–Kier alpha value is -1.75. The van der Waals surface area contributed by atoms with Crippen LogP contribution in [0.25, 0.3) is 0 Å². The highest BCUT2D eigenvalue weighted by Gasteiger charge is 2.16. The molecule has 0 N–H and O–H groups in total. The third-order valence-corrected chi connectivity index (χ3v) is 4.41. The Balaban J connectivity index is 1.72. The number of amides is 1. The molecule has 0 saturated carbocycles. The van der Waals surface area contributed by atoms with Crippen LogP contribution in [0, 0.1) is 0 Å². The summed E-state index contributed by atoms with van der Waals surface area (Å²) >= 11 is 0. The number of likely N-dealkylation sites (N-methyl/N-ethyl adjacent to an activating group) is 1. The molecule has 5 nitrogen and oxygen atoms in total. The third kappa shape index (κ3) is 6.04. The number of carbonyl (C=O) groups is 1. The zero-order valence-electron chi connectivity index (χ0n) is 15.0. The van der Waals surface area contributed by atoms with Crippen LogP contribution in [0.3, 0.4) is 0 Å². The number of ether oxygens (including phenoxy) is 2. The molecule has 0 radical (unpaired) electrons. The minimum atomic E-state index is 0.233. The summed E-state index contributed by atoms with van der Waals surface area (Å²) in [5, 5.41) is 0.